The molecule has 1 aromatic heterocycles. The number of hydrogen-bond acceptors (Lipinski definition) is 5. The highest BCUT2D eigenvalue weighted by Gasteiger charge is 2.37. The van der Waals surface area contributed by atoms with Gasteiger partial charge in [0.25, 0.3) is 0 Å². The standard InChI is InChI=1S/C17H21N3O3/c1-17(2,3)22-16(21)20-10-13(11-20)15-18-14(19-23-15)9-12-7-5-4-6-8-12/h4-8,13H,9-11H2,1-3H3. The van der Waals surface area contributed by atoms with Crippen molar-refractivity contribution in [3.63, 3.8) is 0 Å². The van der Waals surface area contributed by atoms with Crippen LogP contribution in [0.4, 0.5) is 4.79 Å². The Morgan fingerprint density at radius 1 is 1.30 bits per heavy atom. The first kappa shape index (κ1) is 15.5. The number of aromatic nitrogens is 2. The Hall–Kier alpha value is -2.37. The number of amides is 1. The molecule has 0 atom stereocenters. The zero-order chi connectivity index (χ0) is 16.4. The van der Waals surface area contributed by atoms with Crippen LogP contribution in [-0.4, -0.2) is 39.8 Å². The van der Waals surface area contributed by atoms with Gasteiger partial charge in [-0.15, -0.1) is 0 Å². The zero-order valence-corrected chi connectivity index (χ0v) is 13.7. The lowest BCUT2D eigenvalue weighted by molar-refractivity contribution is 0.00558. The summed E-state index contributed by atoms with van der Waals surface area (Å²) in [7, 11) is 0. The van der Waals surface area contributed by atoms with Crippen LogP contribution in [0.2, 0.25) is 0 Å². The van der Waals surface area contributed by atoms with E-state index in [9.17, 15) is 4.79 Å². The van der Waals surface area contributed by atoms with E-state index in [1.165, 1.54) is 0 Å². The third-order valence-electron chi connectivity index (χ3n) is 3.57. The molecule has 2 heterocycles. The average molecular weight is 315 g/mol. The fourth-order valence-corrected chi connectivity index (χ4v) is 2.39. The van der Waals surface area contributed by atoms with Gasteiger partial charge in [-0.2, -0.15) is 4.98 Å². The second-order valence-electron chi connectivity index (χ2n) is 6.79. The second kappa shape index (κ2) is 6.02. The highest BCUT2D eigenvalue weighted by atomic mass is 16.6. The Labute approximate surface area is 135 Å². The lowest BCUT2D eigenvalue weighted by Crippen LogP contribution is -2.50. The van der Waals surface area contributed by atoms with E-state index in [-0.39, 0.29) is 12.0 Å². The number of nitrogens with zero attached hydrogens (tertiary/aromatic N) is 3. The van der Waals surface area contributed by atoms with Crippen LogP contribution in [0.3, 0.4) is 0 Å². The molecule has 0 saturated carbocycles. The van der Waals surface area contributed by atoms with Crippen molar-refractivity contribution in [3.05, 3.63) is 47.6 Å². The predicted octanol–water partition coefficient (Wildman–Crippen LogP) is 2.99. The highest BCUT2D eigenvalue weighted by molar-refractivity contribution is 5.69. The molecule has 1 saturated heterocycles. The van der Waals surface area contributed by atoms with E-state index >= 15 is 0 Å². The Balaban J connectivity index is 1.54. The smallest absolute Gasteiger partial charge is 0.410 e. The Morgan fingerprint density at radius 2 is 2.00 bits per heavy atom. The molecule has 122 valence electrons. The normalized spacial score (nSPS) is 15.3. The minimum atomic E-state index is -0.477. The number of likely N-dealkylation sites (tertiary alicyclic amines) is 1. The SMILES string of the molecule is CC(C)(C)OC(=O)N1CC(c2nc(Cc3ccccc3)no2)C1. The summed E-state index contributed by atoms with van der Waals surface area (Å²) in [6, 6.07) is 10.0. The van der Waals surface area contributed by atoms with Crippen LogP contribution >= 0.6 is 0 Å². The Bertz CT molecular complexity index is 670. The fraction of sp³-hybridized carbons (Fsp3) is 0.471. The van der Waals surface area contributed by atoms with Crippen LogP contribution in [0.1, 0.15) is 44.0 Å². The lowest BCUT2D eigenvalue weighted by Gasteiger charge is -2.37. The summed E-state index contributed by atoms with van der Waals surface area (Å²) in [5.41, 5.74) is 0.666. The summed E-state index contributed by atoms with van der Waals surface area (Å²) in [4.78, 5) is 18.0. The summed E-state index contributed by atoms with van der Waals surface area (Å²) in [5.74, 6) is 1.36. The number of carbonyl (C=O) groups is 1. The van der Waals surface area contributed by atoms with Crippen molar-refractivity contribution in [1.29, 1.82) is 0 Å². The minimum Gasteiger partial charge on any atom is -0.444 e. The molecule has 0 unspecified atom stereocenters. The molecule has 0 bridgehead atoms. The third-order valence-corrected chi connectivity index (χ3v) is 3.57. The monoisotopic (exact) mass is 315 g/mol. The topological polar surface area (TPSA) is 68.5 Å². The fourth-order valence-electron chi connectivity index (χ4n) is 2.39. The quantitative estimate of drug-likeness (QED) is 0.871. The molecule has 1 aromatic carbocycles. The van der Waals surface area contributed by atoms with E-state index in [4.69, 9.17) is 9.26 Å². The molecule has 1 fully saturated rings. The van der Waals surface area contributed by atoms with Crippen molar-refractivity contribution in [2.75, 3.05) is 13.1 Å². The van der Waals surface area contributed by atoms with Crippen LogP contribution < -0.4 is 0 Å². The van der Waals surface area contributed by atoms with Gasteiger partial charge >= 0.3 is 6.09 Å². The maximum Gasteiger partial charge on any atom is 0.410 e. The van der Waals surface area contributed by atoms with Gasteiger partial charge in [0.2, 0.25) is 5.89 Å². The number of ether oxygens (including phenoxy) is 1. The van der Waals surface area contributed by atoms with Crippen LogP contribution in [0.25, 0.3) is 0 Å². The van der Waals surface area contributed by atoms with Gasteiger partial charge < -0.3 is 14.2 Å². The van der Waals surface area contributed by atoms with Gasteiger partial charge in [-0.05, 0) is 26.3 Å². The molecule has 1 aliphatic heterocycles. The largest absolute Gasteiger partial charge is 0.444 e. The zero-order valence-electron chi connectivity index (χ0n) is 13.7. The van der Waals surface area contributed by atoms with Crippen molar-refractivity contribution < 1.29 is 14.1 Å². The molecule has 6 heteroatoms. The summed E-state index contributed by atoms with van der Waals surface area (Å²) < 4.78 is 10.7. The van der Waals surface area contributed by atoms with Gasteiger partial charge in [0.15, 0.2) is 5.82 Å². The molecular weight excluding hydrogens is 294 g/mol. The third kappa shape index (κ3) is 3.88. The van der Waals surface area contributed by atoms with Crippen molar-refractivity contribution in [2.24, 2.45) is 0 Å². The van der Waals surface area contributed by atoms with Crippen LogP contribution in [0.5, 0.6) is 0 Å². The molecule has 2 aromatic rings. The molecule has 0 spiro atoms. The predicted molar refractivity (Wildman–Crippen MR) is 84.1 cm³/mol. The Kier molecular flexibility index (Phi) is 4.07. The molecule has 23 heavy (non-hydrogen) atoms. The van der Waals surface area contributed by atoms with Gasteiger partial charge in [0.05, 0.1) is 5.92 Å². The van der Waals surface area contributed by atoms with Crippen molar-refractivity contribution in [3.8, 4) is 0 Å². The summed E-state index contributed by atoms with van der Waals surface area (Å²) in [6.45, 7) is 6.69. The molecule has 0 aliphatic carbocycles. The first-order valence-corrected chi connectivity index (χ1v) is 7.75. The molecular formula is C17H21N3O3. The van der Waals surface area contributed by atoms with Gasteiger partial charge in [-0.25, -0.2) is 4.79 Å². The number of rotatable bonds is 3. The molecule has 1 amide bonds. The van der Waals surface area contributed by atoms with Crippen LogP contribution in [-0.2, 0) is 11.2 Å². The van der Waals surface area contributed by atoms with Crippen LogP contribution in [0.15, 0.2) is 34.9 Å². The van der Waals surface area contributed by atoms with Gasteiger partial charge in [0.1, 0.15) is 5.60 Å². The number of carbonyl (C=O) groups excluding carboxylic acids is 1. The lowest BCUT2D eigenvalue weighted by atomic mass is 10.0. The number of benzene rings is 1. The van der Waals surface area contributed by atoms with Gasteiger partial charge in [-0.1, -0.05) is 35.5 Å². The molecule has 1 aliphatic rings. The van der Waals surface area contributed by atoms with E-state index in [0.717, 1.165) is 5.56 Å². The summed E-state index contributed by atoms with van der Waals surface area (Å²) in [5, 5.41) is 4.02. The van der Waals surface area contributed by atoms with E-state index in [1.807, 2.05) is 51.1 Å². The molecule has 3 rings (SSSR count). The summed E-state index contributed by atoms with van der Waals surface area (Å²) >= 11 is 0. The van der Waals surface area contributed by atoms with Gasteiger partial charge in [-0.3, -0.25) is 0 Å². The maximum atomic E-state index is 11.9. The maximum absolute atomic E-state index is 11.9. The highest BCUT2D eigenvalue weighted by Crippen LogP contribution is 2.27. The first-order chi connectivity index (χ1) is 10.9. The minimum absolute atomic E-state index is 0.0968. The van der Waals surface area contributed by atoms with E-state index in [0.29, 0.717) is 31.2 Å². The van der Waals surface area contributed by atoms with Crippen molar-refractivity contribution in [1.82, 2.24) is 15.0 Å². The van der Waals surface area contributed by atoms with Crippen molar-refractivity contribution in [2.45, 2.75) is 38.7 Å². The van der Waals surface area contributed by atoms with E-state index in [1.54, 1.807) is 4.90 Å². The van der Waals surface area contributed by atoms with Crippen LogP contribution in [0, 0.1) is 0 Å². The number of hydrogen-bond donors (Lipinski definition) is 0. The first-order valence-electron chi connectivity index (χ1n) is 7.75. The molecule has 0 N–H and O–H groups in total. The summed E-state index contributed by atoms with van der Waals surface area (Å²) in [6.07, 6.45) is 0.352. The van der Waals surface area contributed by atoms with E-state index in [2.05, 4.69) is 10.1 Å². The second-order valence-corrected chi connectivity index (χ2v) is 6.79. The van der Waals surface area contributed by atoms with Gasteiger partial charge in [0, 0.05) is 19.5 Å². The average Bonchev–Trinajstić information content (AvgIpc) is 2.84. The van der Waals surface area contributed by atoms with Crippen molar-refractivity contribution >= 4 is 6.09 Å². The Morgan fingerprint density at radius 3 is 2.65 bits per heavy atom. The molecule has 6 nitrogen and oxygen atoms in total. The van der Waals surface area contributed by atoms with E-state index < -0.39 is 5.60 Å². The molecule has 0 radical (unpaired) electrons.